The highest BCUT2D eigenvalue weighted by Gasteiger charge is 2.12. The number of nitrogens with two attached hydrogens (primary N) is 1. The van der Waals surface area contributed by atoms with Gasteiger partial charge in [0.15, 0.2) is 5.11 Å². The van der Waals surface area contributed by atoms with E-state index >= 15 is 0 Å². The molecule has 0 aliphatic rings. The molecule has 23 heavy (non-hydrogen) atoms. The van der Waals surface area contributed by atoms with Gasteiger partial charge in [0, 0.05) is 10.7 Å². The average molecular weight is 351 g/mol. The van der Waals surface area contributed by atoms with Crippen LogP contribution < -0.4 is 26.6 Å². The Morgan fingerprint density at radius 1 is 1.17 bits per heavy atom. The largest absolute Gasteiger partial charge is 0.497 e. The number of anilines is 2. The number of thiocarbonyl (C=S) groups is 1. The van der Waals surface area contributed by atoms with Crippen LogP contribution in [-0.2, 0) is 0 Å². The first kappa shape index (κ1) is 16.9. The number of hydrogen-bond acceptors (Lipinski definition) is 4. The van der Waals surface area contributed by atoms with Crippen molar-refractivity contribution in [3.05, 3.63) is 53.1 Å². The summed E-state index contributed by atoms with van der Waals surface area (Å²) in [6, 6.07) is 12.1. The van der Waals surface area contributed by atoms with E-state index in [1.807, 2.05) is 12.1 Å². The van der Waals surface area contributed by atoms with Crippen molar-refractivity contribution in [2.24, 2.45) is 5.73 Å². The minimum absolute atomic E-state index is 0.0306. The molecule has 0 radical (unpaired) electrons. The van der Waals surface area contributed by atoms with Crippen LogP contribution in [0.5, 0.6) is 5.75 Å². The van der Waals surface area contributed by atoms with Gasteiger partial charge in [-0.15, -0.1) is 0 Å². The maximum atomic E-state index is 12.2. The van der Waals surface area contributed by atoms with Gasteiger partial charge < -0.3 is 15.8 Å². The van der Waals surface area contributed by atoms with Gasteiger partial charge in [-0.2, -0.15) is 0 Å². The lowest BCUT2D eigenvalue weighted by atomic mass is 10.1. The van der Waals surface area contributed by atoms with Gasteiger partial charge in [-0.3, -0.25) is 15.6 Å². The molecule has 2 rings (SSSR count). The molecule has 0 heterocycles. The lowest BCUT2D eigenvalue weighted by Crippen LogP contribution is -2.44. The van der Waals surface area contributed by atoms with Crippen LogP contribution in [0.15, 0.2) is 42.5 Å². The number of rotatable bonds is 4. The third-order valence-corrected chi connectivity index (χ3v) is 3.23. The summed E-state index contributed by atoms with van der Waals surface area (Å²) in [4.78, 5) is 12.2. The van der Waals surface area contributed by atoms with Crippen molar-refractivity contribution in [2.45, 2.75) is 0 Å². The molecule has 1 amide bonds. The van der Waals surface area contributed by atoms with E-state index < -0.39 is 5.91 Å². The van der Waals surface area contributed by atoms with Crippen LogP contribution in [0.25, 0.3) is 0 Å². The predicted molar refractivity (Wildman–Crippen MR) is 95.1 cm³/mol. The third kappa shape index (κ3) is 4.73. The quantitative estimate of drug-likeness (QED) is 0.500. The van der Waals surface area contributed by atoms with Crippen LogP contribution >= 0.6 is 23.8 Å². The number of ether oxygens (including phenoxy) is 1. The second kappa shape index (κ2) is 7.66. The Kier molecular flexibility index (Phi) is 5.61. The van der Waals surface area contributed by atoms with Crippen molar-refractivity contribution < 1.29 is 9.53 Å². The first-order valence-electron chi connectivity index (χ1n) is 6.56. The van der Waals surface area contributed by atoms with Crippen molar-refractivity contribution in [1.29, 1.82) is 0 Å². The smallest absolute Gasteiger partial charge is 0.271 e. The fraction of sp³-hybridized carbons (Fsp3) is 0.0667. The summed E-state index contributed by atoms with van der Waals surface area (Å²) in [5, 5.41) is 3.61. The zero-order valence-corrected chi connectivity index (χ0v) is 13.8. The molecule has 0 atom stereocenters. The van der Waals surface area contributed by atoms with Crippen LogP contribution in [0, 0.1) is 0 Å². The minimum atomic E-state index is -0.398. The number of nitrogens with one attached hydrogen (secondary N) is 3. The molecule has 8 heteroatoms. The van der Waals surface area contributed by atoms with Crippen molar-refractivity contribution in [1.82, 2.24) is 10.9 Å². The standard InChI is InChI=1S/C15H15ClN4O2S/c1-22-11-5-3-10(4-6-11)18-13-8-9(16)2-7-12(13)14(21)19-20-15(17)23/h2-8,18H,1H3,(H,19,21)(H3,17,20,23). The summed E-state index contributed by atoms with van der Waals surface area (Å²) in [6.07, 6.45) is 0. The van der Waals surface area contributed by atoms with E-state index in [9.17, 15) is 4.79 Å². The van der Waals surface area contributed by atoms with Crippen LogP contribution in [0.3, 0.4) is 0 Å². The van der Waals surface area contributed by atoms with Crippen LogP contribution in [0.2, 0.25) is 5.02 Å². The van der Waals surface area contributed by atoms with E-state index in [1.54, 1.807) is 37.4 Å². The summed E-state index contributed by atoms with van der Waals surface area (Å²) in [6.45, 7) is 0. The second-order valence-electron chi connectivity index (χ2n) is 4.49. The Labute approximate surface area is 143 Å². The van der Waals surface area contributed by atoms with Crippen LogP contribution in [-0.4, -0.2) is 18.1 Å². The number of methoxy groups -OCH3 is 1. The molecule has 0 fully saturated rings. The second-order valence-corrected chi connectivity index (χ2v) is 5.36. The Balaban J connectivity index is 2.23. The monoisotopic (exact) mass is 350 g/mol. The molecule has 0 saturated heterocycles. The fourth-order valence-corrected chi connectivity index (χ4v) is 2.06. The van der Waals surface area contributed by atoms with E-state index in [2.05, 4.69) is 28.4 Å². The SMILES string of the molecule is COc1ccc(Nc2cc(Cl)ccc2C(=O)NNC(N)=S)cc1. The molecule has 6 nitrogen and oxygen atoms in total. The van der Waals surface area contributed by atoms with Crippen molar-refractivity contribution in [2.75, 3.05) is 12.4 Å². The molecular weight excluding hydrogens is 336 g/mol. The number of hydrazine groups is 1. The highest BCUT2D eigenvalue weighted by atomic mass is 35.5. The molecule has 0 spiro atoms. The maximum absolute atomic E-state index is 12.2. The molecular formula is C15H15ClN4O2S. The van der Waals surface area contributed by atoms with Crippen molar-refractivity contribution in [3.8, 4) is 5.75 Å². The van der Waals surface area contributed by atoms with Crippen molar-refractivity contribution in [3.63, 3.8) is 0 Å². The van der Waals surface area contributed by atoms with Crippen LogP contribution in [0.1, 0.15) is 10.4 Å². The van der Waals surface area contributed by atoms with Crippen molar-refractivity contribution >= 4 is 46.2 Å². The molecule has 0 bridgehead atoms. The van der Waals surface area contributed by atoms with E-state index in [-0.39, 0.29) is 5.11 Å². The molecule has 0 aliphatic carbocycles. The average Bonchev–Trinajstić information content (AvgIpc) is 2.53. The van der Waals surface area contributed by atoms with Gasteiger partial charge in [0.25, 0.3) is 5.91 Å². The van der Waals surface area contributed by atoms with E-state index in [1.165, 1.54) is 0 Å². The van der Waals surface area contributed by atoms with Gasteiger partial charge in [0.1, 0.15) is 5.75 Å². The molecule has 0 saturated carbocycles. The molecule has 0 aliphatic heterocycles. The van der Waals surface area contributed by atoms with Gasteiger partial charge in [-0.1, -0.05) is 11.6 Å². The summed E-state index contributed by atoms with van der Waals surface area (Å²) in [5.41, 5.74) is 11.8. The van der Waals surface area contributed by atoms with Crippen LogP contribution in [0.4, 0.5) is 11.4 Å². The Hall–Kier alpha value is -2.51. The highest BCUT2D eigenvalue weighted by molar-refractivity contribution is 7.80. The minimum Gasteiger partial charge on any atom is -0.497 e. The molecule has 2 aromatic rings. The summed E-state index contributed by atoms with van der Waals surface area (Å²) in [5.74, 6) is 0.339. The third-order valence-electron chi connectivity index (χ3n) is 2.89. The fourth-order valence-electron chi connectivity index (χ4n) is 1.83. The molecule has 120 valence electrons. The van der Waals surface area contributed by atoms with Gasteiger partial charge >= 0.3 is 0 Å². The topological polar surface area (TPSA) is 88.4 Å². The predicted octanol–water partition coefficient (Wildman–Crippen LogP) is 2.57. The summed E-state index contributed by atoms with van der Waals surface area (Å²) >= 11 is 10.7. The first-order valence-corrected chi connectivity index (χ1v) is 7.34. The first-order chi connectivity index (χ1) is 11.0. The number of hydrogen-bond donors (Lipinski definition) is 4. The Bertz CT molecular complexity index is 722. The lowest BCUT2D eigenvalue weighted by Gasteiger charge is -2.13. The number of amides is 1. The normalized spacial score (nSPS) is 9.83. The zero-order chi connectivity index (χ0) is 16.8. The molecule has 0 unspecified atom stereocenters. The zero-order valence-electron chi connectivity index (χ0n) is 12.2. The molecule has 0 aromatic heterocycles. The summed E-state index contributed by atoms with van der Waals surface area (Å²) in [7, 11) is 1.59. The number of benzene rings is 2. The number of carbonyl (C=O) groups excluding carboxylic acids is 1. The van der Waals surface area contributed by atoms with E-state index in [0.717, 1.165) is 11.4 Å². The Morgan fingerprint density at radius 2 is 1.87 bits per heavy atom. The maximum Gasteiger partial charge on any atom is 0.271 e. The van der Waals surface area contributed by atoms with Gasteiger partial charge in [0.2, 0.25) is 0 Å². The number of carbonyl (C=O) groups is 1. The summed E-state index contributed by atoms with van der Waals surface area (Å²) < 4.78 is 5.11. The van der Waals surface area contributed by atoms with E-state index in [4.69, 9.17) is 22.1 Å². The van der Waals surface area contributed by atoms with Gasteiger partial charge in [0.05, 0.1) is 18.4 Å². The molecule has 2 aromatic carbocycles. The number of halogens is 1. The lowest BCUT2D eigenvalue weighted by molar-refractivity contribution is 0.0945. The van der Waals surface area contributed by atoms with E-state index in [0.29, 0.717) is 16.3 Å². The highest BCUT2D eigenvalue weighted by Crippen LogP contribution is 2.26. The van der Waals surface area contributed by atoms with Gasteiger partial charge in [-0.05, 0) is 54.7 Å². The molecule has 5 N–H and O–H groups in total. The Morgan fingerprint density at radius 3 is 2.48 bits per heavy atom. The van der Waals surface area contributed by atoms with Gasteiger partial charge in [-0.25, -0.2) is 0 Å².